The standard InChI is InChI=1S/C16H15BrO3/c1-10-4-6-13(17)12(8-10)16(18)11-5-7-14(19-2)15(9-11)20-3/h4-9H,1-3H3. The number of carbonyl (C=O) groups excluding carboxylic acids is 1. The summed E-state index contributed by atoms with van der Waals surface area (Å²) in [5.41, 5.74) is 2.24. The van der Waals surface area contributed by atoms with E-state index in [1.165, 1.54) is 0 Å². The molecule has 0 unspecified atom stereocenters. The molecule has 0 fully saturated rings. The first-order chi connectivity index (χ1) is 9.56. The number of rotatable bonds is 4. The summed E-state index contributed by atoms with van der Waals surface area (Å²) < 4.78 is 11.2. The van der Waals surface area contributed by atoms with E-state index in [0.717, 1.165) is 10.0 Å². The molecule has 0 radical (unpaired) electrons. The van der Waals surface area contributed by atoms with Gasteiger partial charge in [-0.15, -0.1) is 0 Å². The number of carbonyl (C=O) groups is 1. The van der Waals surface area contributed by atoms with Crippen LogP contribution in [0.1, 0.15) is 21.5 Å². The summed E-state index contributed by atoms with van der Waals surface area (Å²) in [6.07, 6.45) is 0. The van der Waals surface area contributed by atoms with E-state index >= 15 is 0 Å². The highest BCUT2D eigenvalue weighted by molar-refractivity contribution is 9.10. The van der Waals surface area contributed by atoms with Crippen LogP contribution in [-0.2, 0) is 0 Å². The lowest BCUT2D eigenvalue weighted by Crippen LogP contribution is -2.04. The van der Waals surface area contributed by atoms with Gasteiger partial charge in [-0.1, -0.05) is 27.6 Å². The fourth-order valence-electron chi connectivity index (χ4n) is 1.95. The van der Waals surface area contributed by atoms with Crippen LogP contribution >= 0.6 is 15.9 Å². The van der Waals surface area contributed by atoms with Gasteiger partial charge in [-0.2, -0.15) is 0 Å². The lowest BCUT2D eigenvalue weighted by Gasteiger charge is -2.10. The molecule has 0 atom stereocenters. The molecular formula is C16H15BrO3. The molecule has 0 spiro atoms. The zero-order valence-corrected chi connectivity index (χ0v) is 13.2. The van der Waals surface area contributed by atoms with Crippen LogP contribution < -0.4 is 9.47 Å². The zero-order valence-electron chi connectivity index (χ0n) is 11.6. The van der Waals surface area contributed by atoms with Crippen molar-refractivity contribution in [2.45, 2.75) is 6.92 Å². The van der Waals surface area contributed by atoms with Crippen LogP contribution in [0.4, 0.5) is 0 Å². The van der Waals surface area contributed by atoms with Crippen LogP contribution in [-0.4, -0.2) is 20.0 Å². The van der Waals surface area contributed by atoms with E-state index in [4.69, 9.17) is 9.47 Å². The van der Waals surface area contributed by atoms with Crippen molar-refractivity contribution in [2.24, 2.45) is 0 Å². The van der Waals surface area contributed by atoms with E-state index < -0.39 is 0 Å². The second-order valence-electron chi connectivity index (χ2n) is 4.38. The summed E-state index contributed by atoms with van der Waals surface area (Å²) in [6.45, 7) is 1.96. The largest absolute Gasteiger partial charge is 0.493 e. The molecule has 0 aliphatic rings. The van der Waals surface area contributed by atoms with Gasteiger partial charge >= 0.3 is 0 Å². The number of ether oxygens (including phenoxy) is 2. The maximum absolute atomic E-state index is 12.6. The molecule has 20 heavy (non-hydrogen) atoms. The molecule has 2 rings (SSSR count). The van der Waals surface area contributed by atoms with Crippen LogP contribution in [0.2, 0.25) is 0 Å². The maximum atomic E-state index is 12.6. The Kier molecular flexibility index (Phi) is 4.45. The molecule has 0 aliphatic heterocycles. The molecule has 0 bridgehead atoms. The molecule has 2 aromatic rings. The number of methoxy groups -OCH3 is 2. The average Bonchev–Trinajstić information content (AvgIpc) is 2.48. The third kappa shape index (κ3) is 2.85. The van der Waals surface area contributed by atoms with Crippen LogP contribution in [0.15, 0.2) is 40.9 Å². The van der Waals surface area contributed by atoms with Gasteiger partial charge in [-0.25, -0.2) is 0 Å². The zero-order chi connectivity index (χ0) is 14.7. The smallest absolute Gasteiger partial charge is 0.194 e. The summed E-state index contributed by atoms with van der Waals surface area (Å²) in [4.78, 5) is 12.6. The summed E-state index contributed by atoms with van der Waals surface area (Å²) >= 11 is 3.42. The molecule has 104 valence electrons. The highest BCUT2D eigenvalue weighted by atomic mass is 79.9. The predicted molar refractivity (Wildman–Crippen MR) is 81.9 cm³/mol. The van der Waals surface area contributed by atoms with Crippen LogP contribution in [0.3, 0.4) is 0 Å². The maximum Gasteiger partial charge on any atom is 0.194 e. The Balaban J connectivity index is 2.45. The third-order valence-electron chi connectivity index (χ3n) is 3.01. The number of hydrogen-bond donors (Lipinski definition) is 0. The summed E-state index contributed by atoms with van der Waals surface area (Å²) in [6, 6.07) is 10.9. The Morgan fingerprint density at radius 3 is 2.35 bits per heavy atom. The van der Waals surface area contributed by atoms with Crippen LogP contribution in [0, 0.1) is 6.92 Å². The van der Waals surface area contributed by atoms with E-state index in [1.54, 1.807) is 32.4 Å². The van der Waals surface area contributed by atoms with Gasteiger partial charge < -0.3 is 9.47 Å². The molecule has 4 heteroatoms. The first-order valence-corrected chi connectivity index (χ1v) is 6.89. The molecule has 3 nitrogen and oxygen atoms in total. The minimum atomic E-state index is -0.0541. The van der Waals surface area contributed by atoms with Gasteiger partial charge in [0.2, 0.25) is 0 Å². The normalized spacial score (nSPS) is 10.2. The molecular weight excluding hydrogens is 320 g/mol. The Morgan fingerprint density at radius 1 is 1.00 bits per heavy atom. The van der Waals surface area contributed by atoms with Gasteiger partial charge in [-0.3, -0.25) is 4.79 Å². The van der Waals surface area contributed by atoms with Gasteiger partial charge in [0.25, 0.3) is 0 Å². The fourth-order valence-corrected chi connectivity index (χ4v) is 2.37. The van der Waals surface area contributed by atoms with Crippen LogP contribution in [0.5, 0.6) is 11.5 Å². The Bertz CT molecular complexity index is 650. The fraction of sp³-hybridized carbons (Fsp3) is 0.188. The van der Waals surface area contributed by atoms with Crippen molar-refractivity contribution < 1.29 is 14.3 Å². The molecule has 0 amide bonds. The van der Waals surface area contributed by atoms with Gasteiger partial charge in [0, 0.05) is 15.6 Å². The number of ketones is 1. The summed E-state index contributed by atoms with van der Waals surface area (Å²) in [7, 11) is 3.12. The summed E-state index contributed by atoms with van der Waals surface area (Å²) in [5, 5.41) is 0. The lowest BCUT2D eigenvalue weighted by molar-refractivity contribution is 0.103. The number of aryl methyl sites for hydroxylation is 1. The van der Waals surface area contributed by atoms with Crippen molar-refractivity contribution in [3.63, 3.8) is 0 Å². The lowest BCUT2D eigenvalue weighted by atomic mass is 10.0. The van der Waals surface area contributed by atoms with Crippen molar-refractivity contribution in [2.75, 3.05) is 14.2 Å². The van der Waals surface area contributed by atoms with Crippen molar-refractivity contribution in [3.8, 4) is 11.5 Å². The first-order valence-electron chi connectivity index (χ1n) is 6.09. The number of benzene rings is 2. The number of halogens is 1. The molecule has 0 heterocycles. The monoisotopic (exact) mass is 334 g/mol. The van der Waals surface area contributed by atoms with Gasteiger partial charge in [-0.05, 0) is 37.3 Å². The predicted octanol–water partition coefficient (Wildman–Crippen LogP) is 4.01. The average molecular weight is 335 g/mol. The molecule has 0 N–H and O–H groups in total. The van der Waals surface area contributed by atoms with Crippen LogP contribution in [0.25, 0.3) is 0 Å². The molecule has 2 aromatic carbocycles. The second-order valence-corrected chi connectivity index (χ2v) is 5.24. The molecule has 0 aromatic heterocycles. The minimum Gasteiger partial charge on any atom is -0.493 e. The molecule has 0 saturated heterocycles. The molecule has 0 saturated carbocycles. The Hall–Kier alpha value is -1.81. The van der Waals surface area contributed by atoms with E-state index in [-0.39, 0.29) is 5.78 Å². The minimum absolute atomic E-state index is 0.0541. The van der Waals surface area contributed by atoms with Crippen molar-refractivity contribution in [1.82, 2.24) is 0 Å². The summed E-state index contributed by atoms with van der Waals surface area (Å²) in [5.74, 6) is 1.09. The van der Waals surface area contributed by atoms with Crippen molar-refractivity contribution >= 4 is 21.7 Å². The van der Waals surface area contributed by atoms with E-state index in [0.29, 0.717) is 22.6 Å². The first kappa shape index (κ1) is 14.6. The quantitative estimate of drug-likeness (QED) is 0.792. The Morgan fingerprint density at radius 2 is 1.70 bits per heavy atom. The number of hydrogen-bond acceptors (Lipinski definition) is 3. The second kappa shape index (κ2) is 6.09. The highest BCUT2D eigenvalue weighted by Crippen LogP contribution is 2.29. The van der Waals surface area contributed by atoms with E-state index in [1.807, 2.05) is 25.1 Å². The SMILES string of the molecule is COc1ccc(C(=O)c2cc(C)ccc2Br)cc1OC. The third-order valence-corrected chi connectivity index (χ3v) is 3.70. The van der Waals surface area contributed by atoms with Gasteiger partial charge in [0.1, 0.15) is 0 Å². The topological polar surface area (TPSA) is 35.5 Å². The van der Waals surface area contributed by atoms with Crippen molar-refractivity contribution in [3.05, 3.63) is 57.6 Å². The van der Waals surface area contributed by atoms with Crippen molar-refractivity contribution in [1.29, 1.82) is 0 Å². The highest BCUT2D eigenvalue weighted by Gasteiger charge is 2.15. The van der Waals surface area contributed by atoms with E-state index in [9.17, 15) is 4.79 Å². The Labute approximate surface area is 126 Å². The van der Waals surface area contributed by atoms with Gasteiger partial charge in [0.15, 0.2) is 17.3 Å². The van der Waals surface area contributed by atoms with E-state index in [2.05, 4.69) is 15.9 Å². The van der Waals surface area contributed by atoms with Gasteiger partial charge in [0.05, 0.1) is 14.2 Å². The molecule has 0 aliphatic carbocycles.